The van der Waals surface area contributed by atoms with Gasteiger partial charge in [0.2, 0.25) is 5.89 Å². The molecule has 26 heavy (non-hydrogen) atoms. The standard InChI is InChI=1S/C18H13ClN4OS2/c19-12-7-3-1-5-10(12)15-22-23-18(24-15)26-17-14-11-6-2-4-8-13(11)25-16(14)20-9-21-17/h1,3,5,7,9H,2,4,6,8H2. The molecule has 1 aliphatic carbocycles. The third kappa shape index (κ3) is 2.80. The summed E-state index contributed by atoms with van der Waals surface area (Å²) in [5, 5.41) is 11.4. The van der Waals surface area contributed by atoms with Crippen LogP contribution < -0.4 is 0 Å². The first-order valence-electron chi connectivity index (χ1n) is 8.31. The second-order valence-electron chi connectivity index (χ2n) is 6.02. The van der Waals surface area contributed by atoms with Gasteiger partial charge in [-0.25, -0.2) is 9.97 Å². The Labute approximate surface area is 162 Å². The zero-order chi connectivity index (χ0) is 17.5. The van der Waals surface area contributed by atoms with Gasteiger partial charge >= 0.3 is 0 Å². The number of benzene rings is 1. The van der Waals surface area contributed by atoms with E-state index in [1.165, 1.54) is 35.0 Å². The van der Waals surface area contributed by atoms with Crippen LogP contribution in [-0.2, 0) is 12.8 Å². The number of hydrogen-bond acceptors (Lipinski definition) is 7. The Morgan fingerprint density at radius 1 is 1.08 bits per heavy atom. The number of thiophene rings is 1. The molecule has 0 saturated heterocycles. The van der Waals surface area contributed by atoms with Crippen LogP contribution in [0, 0.1) is 0 Å². The highest BCUT2D eigenvalue weighted by atomic mass is 35.5. The molecule has 4 aromatic rings. The summed E-state index contributed by atoms with van der Waals surface area (Å²) in [5.41, 5.74) is 2.12. The molecule has 3 heterocycles. The molecule has 0 bridgehead atoms. The van der Waals surface area contributed by atoms with Crippen molar-refractivity contribution < 1.29 is 4.42 Å². The van der Waals surface area contributed by atoms with Crippen molar-refractivity contribution in [2.24, 2.45) is 0 Å². The number of rotatable bonds is 3. The molecule has 0 spiro atoms. The van der Waals surface area contributed by atoms with Gasteiger partial charge < -0.3 is 4.42 Å². The summed E-state index contributed by atoms with van der Waals surface area (Å²) in [7, 11) is 0. The Kier molecular flexibility index (Phi) is 4.15. The number of halogens is 1. The molecule has 8 heteroatoms. The van der Waals surface area contributed by atoms with Gasteiger partial charge in [0.05, 0.1) is 10.6 Å². The van der Waals surface area contributed by atoms with Gasteiger partial charge in [-0.15, -0.1) is 21.5 Å². The van der Waals surface area contributed by atoms with Crippen LogP contribution in [0.5, 0.6) is 0 Å². The lowest BCUT2D eigenvalue weighted by atomic mass is 9.97. The highest BCUT2D eigenvalue weighted by molar-refractivity contribution is 7.99. The van der Waals surface area contributed by atoms with E-state index in [1.54, 1.807) is 23.7 Å². The molecule has 0 atom stereocenters. The van der Waals surface area contributed by atoms with Crippen LogP contribution in [0.2, 0.25) is 5.02 Å². The van der Waals surface area contributed by atoms with Gasteiger partial charge in [0.25, 0.3) is 5.22 Å². The Morgan fingerprint density at radius 3 is 2.88 bits per heavy atom. The van der Waals surface area contributed by atoms with E-state index >= 15 is 0 Å². The normalized spacial score (nSPS) is 13.9. The molecule has 1 aromatic carbocycles. The van der Waals surface area contributed by atoms with Crippen LogP contribution in [0.3, 0.4) is 0 Å². The molecule has 1 aliphatic rings. The van der Waals surface area contributed by atoms with Crippen molar-refractivity contribution >= 4 is 44.9 Å². The number of aryl methyl sites for hydroxylation is 2. The Balaban J connectivity index is 1.53. The van der Waals surface area contributed by atoms with Gasteiger partial charge in [-0.05, 0) is 55.1 Å². The van der Waals surface area contributed by atoms with E-state index in [-0.39, 0.29) is 0 Å². The lowest BCUT2D eigenvalue weighted by molar-refractivity contribution is 0.465. The van der Waals surface area contributed by atoms with Crippen LogP contribution in [-0.4, -0.2) is 20.2 Å². The second-order valence-corrected chi connectivity index (χ2v) is 8.46. The maximum absolute atomic E-state index is 6.22. The van der Waals surface area contributed by atoms with E-state index in [1.807, 2.05) is 18.2 Å². The molecule has 0 fully saturated rings. The monoisotopic (exact) mass is 400 g/mol. The predicted octanol–water partition coefficient (Wildman–Crippen LogP) is 5.42. The second kappa shape index (κ2) is 6.64. The molecule has 0 radical (unpaired) electrons. The van der Waals surface area contributed by atoms with E-state index in [9.17, 15) is 0 Å². The number of hydrogen-bond donors (Lipinski definition) is 0. The smallest absolute Gasteiger partial charge is 0.283 e. The maximum Gasteiger partial charge on any atom is 0.283 e. The molecule has 0 N–H and O–H groups in total. The van der Waals surface area contributed by atoms with Crippen LogP contribution in [0.15, 0.2) is 45.3 Å². The number of nitrogens with zero attached hydrogens (tertiary/aromatic N) is 4. The average Bonchev–Trinajstić information content (AvgIpc) is 3.27. The molecule has 130 valence electrons. The van der Waals surface area contributed by atoms with Crippen molar-refractivity contribution in [3.63, 3.8) is 0 Å². The Bertz CT molecular complexity index is 1110. The fraction of sp³-hybridized carbons (Fsp3) is 0.222. The van der Waals surface area contributed by atoms with Crippen molar-refractivity contribution in [1.82, 2.24) is 20.2 Å². The third-order valence-corrected chi connectivity index (χ3v) is 6.78. The minimum atomic E-state index is 0.413. The summed E-state index contributed by atoms with van der Waals surface area (Å²) >= 11 is 9.39. The van der Waals surface area contributed by atoms with Gasteiger partial charge in [0.1, 0.15) is 16.2 Å². The summed E-state index contributed by atoms with van der Waals surface area (Å²) in [5.74, 6) is 0.413. The summed E-state index contributed by atoms with van der Waals surface area (Å²) in [6.07, 6.45) is 6.30. The summed E-state index contributed by atoms with van der Waals surface area (Å²) in [4.78, 5) is 11.4. The van der Waals surface area contributed by atoms with Gasteiger partial charge in [-0.1, -0.05) is 23.7 Å². The summed E-state index contributed by atoms with van der Waals surface area (Å²) < 4.78 is 5.82. The van der Waals surface area contributed by atoms with Gasteiger partial charge in [-0.3, -0.25) is 0 Å². The van der Waals surface area contributed by atoms with Crippen molar-refractivity contribution in [3.05, 3.63) is 46.1 Å². The maximum atomic E-state index is 6.22. The highest BCUT2D eigenvalue weighted by Gasteiger charge is 2.21. The van der Waals surface area contributed by atoms with E-state index in [4.69, 9.17) is 16.0 Å². The zero-order valence-electron chi connectivity index (χ0n) is 13.6. The van der Waals surface area contributed by atoms with Gasteiger partial charge in [0.15, 0.2) is 0 Å². The predicted molar refractivity (Wildman–Crippen MR) is 103 cm³/mol. The SMILES string of the molecule is Clc1ccccc1-c1nnc(Sc2ncnc3sc4c(c23)CCCC4)o1. The topological polar surface area (TPSA) is 64.7 Å². The highest BCUT2D eigenvalue weighted by Crippen LogP contribution is 2.41. The summed E-state index contributed by atoms with van der Waals surface area (Å²) in [6.45, 7) is 0. The van der Waals surface area contributed by atoms with Crippen molar-refractivity contribution in [2.75, 3.05) is 0 Å². The van der Waals surface area contributed by atoms with E-state index in [2.05, 4.69) is 20.2 Å². The summed E-state index contributed by atoms with van der Waals surface area (Å²) in [6, 6.07) is 7.43. The van der Waals surface area contributed by atoms with Crippen molar-refractivity contribution in [1.29, 1.82) is 0 Å². The first-order chi connectivity index (χ1) is 12.8. The third-order valence-electron chi connectivity index (χ3n) is 4.41. The largest absolute Gasteiger partial charge is 0.411 e. The van der Waals surface area contributed by atoms with Crippen LogP contribution in [0.25, 0.3) is 21.7 Å². The molecule has 3 aromatic heterocycles. The van der Waals surface area contributed by atoms with Crippen LogP contribution in [0.1, 0.15) is 23.3 Å². The van der Waals surface area contributed by atoms with Gasteiger partial charge in [-0.2, -0.15) is 0 Å². The molecule has 5 nitrogen and oxygen atoms in total. The van der Waals surface area contributed by atoms with Crippen LogP contribution in [0.4, 0.5) is 0 Å². The quantitative estimate of drug-likeness (QED) is 0.427. The molecular formula is C18H13ClN4OS2. The fourth-order valence-corrected chi connectivity index (χ4v) is 5.52. The lowest BCUT2D eigenvalue weighted by Gasteiger charge is -2.10. The Hall–Kier alpha value is -1.96. The van der Waals surface area contributed by atoms with Crippen LogP contribution >= 0.6 is 34.7 Å². The fourth-order valence-electron chi connectivity index (χ4n) is 3.22. The molecule has 0 unspecified atom stereocenters. The van der Waals surface area contributed by atoms with E-state index < -0.39 is 0 Å². The molecule has 0 aliphatic heterocycles. The molecule has 0 amide bonds. The molecule has 5 rings (SSSR count). The van der Waals surface area contributed by atoms with Gasteiger partial charge in [0, 0.05) is 10.3 Å². The average molecular weight is 401 g/mol. The minimum absolute atomic E-state index is 0.413. The minimum Gasteiger partial charge on any atom is -0.411 e. The lowest BCUT2D eigenvalue weighted by Crippen LogP contribution is -1.98. The first kappa shape index (κ1) is 16.2. The van der Waals surface area contributed by atoms with Crippen molar-refractivity contribution in [2.45, 2.75) is 35.9 Å². The zero-order valence-corrected chi connectivity index (χ0v) is 16.0. The Morgan fingerprint density at radius 2 is 1.96 bits per heavy atom. The number of fused-ring (bicyclic) bond motifs is 3. The van der Waals surface area contributed by atoms with E-state index in [0.29, 0.717) is 16.1 Å². The first-order valence-corrected chi connectivity index (χ1v) is 10.3. The van der Waals surface area contributed by atoms with E-state index in [0.717, 1.165) is 33.6 Å². The molecular weight excluding hydrogens is 388 g/mol. The number of aromatic nitrogens is 4. The molecule has 0 saturated carbocycles. The van der Waals surface area contributed by atoms with Crippen molar-refractivity contribution in [3.8, 4) is 11.5 Å².